The van der Waals surface area contributed by atoms with Crippen molar-refractivity contribution in [2.45, 2.75) is 0 Å². The lowest BCUT2D eigenvalue weighted by Gasteiger charge is -1.85. The van der Waals surface area contributed by atoms with Crippen molar-refractivity contribution < 1.29 is 8.78 Å². The van der Waals surface area contributed by atoms with Gasteiger partial charge in [0.15, 0.2) is 11.6 Å². The van der Waals surface area contributed by atoms with E-state index in [0.717, 1.165) is 12.1 Å². The van der Waals surface area contributed by atoms with Crippen LogP contribution in [0.25, 0.3) is 0 Å². The second kappa shape index (κ2) is 3.14. The Hall–Kier alpha value is -0.960. The second-order valence-electron chi connectivity index (χ2n) is 1.41. The van der Waals surface area contributed by atoms with Crippen LogP contribution in [-0.4, -0.2) is 0 Å². The predicted octanol–water partition coefficient (Wildman–Crippen LogP) is 2.13. The largest absolute Gasteiger partial charge is 0.344 e. The van der Waals surface area contributed by atoms with Crippen LogP contribution in [-0.2, 0) is 0 Å². The topological polar surface area (TPSA) is 35.0 Å². The molecule has 1 rings (SSSR count). The van der Waals surface area contributed by atoms with Gasteiger partial charge in [-0.15, -0.1) is 0 Å². The van der Waals surface area contributed by atoms with E-state index < -0.39 is 11.6 Å². The van der Waals surface area contributed by atoms with Gasteiger partial charge < -0.3 is 6.15 Å². The van der Waals surface area contributed by atoms with Crippen molar-refractivity contribution in [2.24, 2.45) is 0 Å². The van der Waals surface area contributed by atoms with E-state index in [0.29, 0.717) is 0 Å². The van der Waals surface area contributed by atoms with Crippen molar-refractivity contribution in [3.63, 3.8) is 0 Å². The fourth-order valence-corrected chi connectivity index (χ4v) is 0.439. The normalized spacial score (nSPS) is 8.22. The molecule has 0 saturated carbocycles. The van der Waals surface area contributed by atoms with Gasteiger partial charge in [-0.25, -0.2) is 8.78 Å². The molecular formula is C6H7F2N. The third-order valence-electron chi connectivity index (χ3n) is 0.824. The summed E-state index contributed by atoms with van der Waals surface area (Å²) in [7, 11) is 0. The standard InChI is InChI=1S/C6H4F2.H3N/c7-5-3-1-2-4-6(5)8;/h1-4H;1H3. The number of hydrogen-bond acceptors (Lipinski definition) is 1. The van der Waals surface area contributed by atoms with E-state index in [2.05, 4.69) is 0 Å². The van der Waals surface area contributed by atoms with Gasteiger partial charge in [0.2, 0.25) is 0 Å². The first-order chi connectivity index (χ1) is 3.80. The second-order valence-corrected chi connectivity index (χ2v) is 1.41. The summed E-state index contributed by atoms with van der Waals surface area (Å²) < 4.78 is 23.9. The molecule has 0 heterocycles. The van der Waals surface area contributed by atoms with Crippen LogP contribution in [0, 0.1) is 11.6 Å². The van der Waals surface area contributed by atoms with E-state index >= 15 is 0 Å². The van der Waals surface area contributed by atoms with Crippen molar-refractivity contribution >= 4 is 0 Å². The molecule has 0 spiro atoms. The van der Waals surface area contributed by atoms with E-state index in [-0.39, 0.29) is 6.15 Å². The Morgan fingerprint density at radius 3 is 1.44 bits per heavy atom. The van der Waals surface area contributed by atoms with E-state index in [1.165, 1.54) is 12.1 Å². The molecular weight excluding hydrogens is 124 g/mol. The molecule has 0 aliphatic rings. The van der Waals surface area contributed by atoms with Gasteiger partial charge in [-0.2, -0.15) is 0 Å². The lowest BCUT2D eigenvalue weighted by atomic mass is 10.3. The lowest BCUT2D eigenvalue weighted by Crippen LogP contribution is -1.77. The number of halogens is 2. The molecule has 0 aliphatic carbocycles. The van der Waals surface area contributed by atoms with Crippen LogP contribution in [0.4, 0.5) is 8.78 Å². The van der Waals surface area contributed by atoms with Crippen molar-refractivity contribution in [1.29, 1.82) is 0 Å². The quantitative estimate of drug-likeness (QED) is 0.575. The molecule has 9 heavy (non-hydrogen) atoms. The molecule has 0 aliphatic heterocycles. The Morgan fingerprint density at radius 1 is 0.889 bits per heavy atom. The fourth-order valence-electron chi connectivity index (χ4n) is 0.439. The molecule has 0 fully saturated rings. The number of rotatable bonds is 0. The van der Waals surface area contributed by atoms with Gasteiger partial charge in [0.1, 0.15) is 0 Å². The molecule has 0 saturated heterocycles. The van der Waals surface area contributed by atoms with Gasteiger partial charge in [-0.05, 0) is 12.1 Å². The van der Waals surface area contributed by atoms with Crippen LogP contribution < -0.4 is 6.15 Å². The Labute approximate surface area is 51.9 Å². The maximum atomic E-state index is 11.9. The molecule has 3 heteroatoms. The van der Waals surface area contributed by atoms with Crippen LogP contribution >= 0.6 is 0 Å². The minimum atomic E-state index is -0.799. The molecule has 1 nitrogen and oxygen atoms in total. The van der Waals surface area contributed by atoms with Gasteiger partial charge in [-0.1, -0.05) is 12.1 Å². The summed E-state index contributed by atoms with van der Waals surface area (Å²) in [5, 5.41) is 0. The summed E-state index contributed by atoms with van der Waals surface area (Å²) in [5.41, 5.74) is 0. The van der Waals surface area contributed by atoms with E-state index in [1.54, 1.807) is 0 Å². The molecule has 0 unspecified atom stereocenters. The van der Waals surface area contributed by atoms with Crippen molar-refractivity contribution in [1.82, 2.24) is 6.15 Å². The van der Waals surface area contributed by atoms with E-state index in [4.69, 9.17) is 0 Å². The van der Waals surface area contributed by atoms with Gasteiger partial charge in [-0.3, -0.25) is 0 Å². The third-order valence-corrected chi connectivity index (χ3v) is 0.824. The summed E-state index contributed by atoms with van der Waals surface area (Å²) in [6.45, 7) is 0. The minimum absolute atomic E-state index is 0. The highest BCUT2D eigenvalue weighted by atomic mass is 19.2. The SMILES string of the molecule is Fc1ccccc1F.N. The molecule has 50 valence electrons. The first-order valence-corrected chi connectivity index (χ1v) is 2.21. The molecule has 0 radical (unpaired) electrons. The van der Waals surface area contributed by atoms with Gasteiger partial charge in [0, 0.05) is 0 Å². The predicted molar refractivity (Wildman–Crippen MR) is 31.4 cm³/mol. The summed E-state index contributed by atoms with van der Waals surface area (Å²) in [6, 6.07) is 5.04. The van der Waals surface area contributed by atoms with E-state index in [1.807, 2.05) is 0 Å². The molecule has 0 atom stereocenters. The highest BCUT2D eigenvalue weighted by Crippen LogP contribution is 2.01. The smallest absolute Gasteiger partial charge is 0.158 e. The molecule has 3 N–H and O–H groups in total. The minimum Gasteiger partial charge on any atom is -0.344 e. The molecule has 1 aromatic carbocycles. The molecule has 0 bridgehead atoms. The monoisotopic (exact) mass is 131 g/mol. The molecule has 0 aromatic heterocycles. The highest BCUT2D eigenvalue weighted by Gasteiger charge is 1.93. The summed E-state index contributed by atoms with van der Waals surface area (Å²) in [6.07, 6.45) is 0. The highest BCUT2D eigenvalue weighted by molar-refractivity contribution is 5.05. The zero-order chi connectivity index (χ0) is 5.98. The Balaban J connectivity index is 0.000000640. The third kappa shape index (κ3) is 1.77. The Kier molecular flexibility index (Phi) is 2.81. The van der Waals surface area contributed by atoms with Crippen LogP contribution in [0.1, 0.15) is 0 Å². The Morgan fingerprint density at radius 2 is 1.22 bits per heavy atom. The van der Waals surface area contributed by atoms with Crippen LogP contribution in [0.3, 0.4) is 0 Å². The maximum Gasteiger partial charge on any atom is 0.158 e. The average Bonchev–Trinajstić information content (AvgIpc) is 1.77. The summed E-state index contributed by atoms with van der Waals surface area (Å²) >= 11 is 0. The van der Waals surface area contributed by atoms with Gasteiger partial charge in [0.25, 0.3) is 0 Å². The lowest BCUT2D eigenvalue weighted by molar-refractivity contribution is 0.508. The molecule has 1 aromatic rings. The van der Waals surface area contributed by atoms with Crippen molar-refractivity contribution in [2.75, 3.05) is 0 Å². The van der Waals surface area contributed by atoms with E-state index in [9.17, 15) is 8.78 Å². The van der Waals surface area contributed by atoms with Gasteiger partial charge in [0.05, 0.1) is 0 Å². The average molecular weight is 131 g/mol. The maximum absolute atomic E-state index is 11.9. The van der Waals surface area contributed by atoms with Gasteiger partial charge >= 0.3 is 0 Å². The van der Waals surface area contributed by atoms with Crippen molar-refractivity contribution in [3.05, 3.63) is 35.9 Å². The van der Waals surface area contributed by atoms with Crippen molar-refractivity contribution in [3.8, 4) is 0 Å². The van der Waals surface area contributed by atoms with Crippen LogP contribution in [0.5, 0.6) is 0 Å². The zero-order valence-electron chi connectivity index (χ0n) is 4.77. The fraction of sp³-hybridized carbons (Fsp3) is 0. The zero-order valence-corrected chi connectivity index (χ0v) is 4.77. The summed E-state index contributed by atoms with van der Waals surface area (Å²) in [5.74, 6) is -1.60. The summed E-state index contributed by atoms with van der Waals surface area (Å²) in [4.78, 5) is 0. The first-order valence-electron chi connectivity index (χ1n) is 2.21. The number of benzene rings is 1. The molecule has 0 amide bonds. The number of hydrogen-bond donors (Lipinski definition) is 1. The Bertz CT molecular complexity index is 167. The first kappa shape index (κ1) is 8.04. The van der Waals surface area contributed by atoms with Crippen LogP contribution in [0.15, 0.2) is 24.3 Å². The van der Waals surface area contributed by atoms with Crippen LogP contribution in [0.2, 0.25) is 0 Å².